The molecular weight excluding hydrogens is 276 g/mol. The smallest absolute Gasteiger partial charge is 0.115 e. The highest BCUT2D eigenvalue weighted by molar-refractivity contribution is 5.28. The molecule has 2 N–H and O–H groups in total. The lowest BCUT2D eigenvalue weighted by atomic mass is 9.86. The molecule has 0 amide bonds. The van der Waals surface area contributed by atoms with Crippen molar-refractivity contribution in [1.82, 2.24) is 10.3 Å². The van der Waals surface area contributed by atoms with Gasteiger partial charge in [-0.3, -0.25) is 4.98 Å². The highest BCUT2D eigenvalue weighted by Crippen LogP contribution is 2.27. The summed E-state index contributed by atoms with van der Waals surface area (Å²) < 4.78 is 5.84. The van der Waals surface area contributed by atoms with Crippen LogP contribution in [0.4, 0.5) is 0 Å². The van der Waals surface area contributed by atoms with Gasteiger partial charge in [0.2, 0.25) is 0 Å². The molecule has 0 saturated carbocycles. The van der Waals surface area contributed by atoms with E-state index >= 15 is 0 Å². The van der Waals surface area contributed by atoms with E-state index in [1.165, 1.54) is 5.56 Å². The van der Waals surface area contributed by atoms with Gasteiger partial charge in [0.05, 0.1) is 13.2 Å². The van der Waals surface area contributed by atoms with Crippen LogP contribution < -0.4 is 5.32 Å². The number of nitrogens with zero attached hydrogens (tertiary/aromatic N) is 1. The second-order valence-electron chi connectivity index (χ2n) is 5.92. The predicted molar refractivity (Wildman–Crippen MR) is 85.7 cm³/mol. The second-order valence-corrected chi connectivity index (χ2v) is 5.92. The normalized spacial score (nSPS) is 21.6. The Morgan fingerprint density at radius 1 is 1.18 bits per heavy atom. The van der Waals surface area contributed by atoms with Crippen LogP contribution in [0.2, 0.25) is 0 Å². The molecule has 0 aliphatic carbocycles. The van der Waals surface area contributed by atoms with E-state index in [1.54, 1.807) is 18.3 Å². The van der Waals surface area contributed by atoms with Crippen LogP contribution in [0.25, 0.3) is 0 Å². The largest absolute Gasteiger partial charge is 0.508 e. The minimum absolute atomic E-state index is 0.323. The van der Waals surface area contributed by atoms with Crippen molar-refractivity contribution < 1.29 is 9.84 Å². The van der Waals surface area contributed by atoms with Gasteiger partial charge < -0.3 is 15.2 Å². The molecule has 2 atom stereocenters. The quantitative estimate of drug-likeness (QED) is 0.891. The Hall–Kier alpha value is -1.91. The van der Waals surface area contributed by atoms with Gasteiger partial charge in [-0.2, -0.15) is 0 Å². The third-order valence-electron chi connectivity index (χ3n) is 4.15. The lowest BCUT2D eigenvalue weighted by Crippen LogP contribution is -2.37. The summed E-state index contributed by atoms with van der Waals surface area (Å²) in [5.41, 5.74) is 2.39. The van der Waals surface area contributed by atoms with Crippen LogP contribution in [0, 0.1) is 5.92 Å². The van der Waals surface area contributed by atoms with Crippen LogP contribution >= 0.6 is 0 Å². The van der Waals surface area contributed by atoms with E-state index in [4.69, 9.17) is 4.74 Å². The van der Waals surface area contributed by atoms with Gasteiger partial charge in [-0.25, -0.2) is 0 Å². The van der Waals surface area contributed by atoms with E-state index < -0.39 is 0 Å². The number of ether oxygens (including phenoxy) is 1. The zero-order valence-corrected chi connectivity index (χ0v) is 12.6. The molecule has 22 heavy (non-hydrogen) atoms. The molecule has 3 rings (SSSR count). The average molecular weight is 298 g/mol. The Bertz CT molecular complexity index is 571. The Kier molecular flexibility index (Phi) is 5.03. The standard InChI is InChI=1S/C18H22N2O2/c21-18-5-3-16(4-6-18)17-8-15(10-20-11-17)13-22-12-14-2-1-7-19-9-14/h1-7,9,15,17,20-21H,8,10-13H2/t15-,17+/m0/s1. The molecule has 0 radical (unpaired) electrons. The Morgan fingerprint density at radius 3 is 2.82 bits per heavy atom. The molecule has 4 heteroatoms. The zero-order valence-electron chi connectivity index (χ0n) is 12.6. The number of aromatic hydroxyl groups is 1. The second kappa shape index (κ2) is 7.38. The summed E-state index contributed by atoms with van der Waals surface area (Å²) in [6.45, 7) is 3.37. The summed E-state index contributed by atoms with van der Waals surface area (Å²) >= 11 is 0. The van der Waals surface area contributed by atoms with Crippen molar-refractivity contribution in [2.75, 3.05) is 19.7 Å². The van der Waals surface area contributed by atoms with Gasteiger partial charge in [0.15, 0.2) is 0 Å². The molecule has 1 aliphatic heterocycles. The van der Waals surface area contributed by atoms with Gasteiger partial charge in [-0.05, 0) is 47.6 Å². The number of pyridine rings is 1. The number of rotatable bonds is 5. The minimum Gasteiger partial charge on any atom is -0.508 e. The summed E-state index contributed by atoms with van der Waals surface area (Å²) in [5.74, 6) is 1.33. The van der Waals surface area contributed by atoms with Crippen LogP contribution in [0.15, 0.2) is 48.8 Å². The molecule has 1 aliphatic rings. The number of aromatic nitrogens is 1. The number of hydrogen-bond donors (Lipinski definition) is 2. The predicted octanol–water partition coefficient (Wildman–Crippen LogP) is 2.70. The first kappa shape index (κ1) is 15.0. The third kappa shape index (κ3) is 4.06. The maximum Gasteiger partial charge on any atom is 0.115 e. The van der Waals surface area contributed by atoms with Crippen LogP contribution in [0.3, 0.4) is 0 Å². The van der Waals surface area contributed by atoms with Gasteiger partial charge >= 0.3 is 0 Å². The van der Waals surface area contributed by atoms with Crippen molar-refractivity contribution in [3.05, 3.63) is 59.9 Å². The van der Waals surface area contributed by atoms with Crippen molar-refractivity contribution >= 4 is 0 Å². The monoisotopic (exact) mass is 298 g/mol. The molecule has 0 spiro atoms. The number of benzene rings is 1. The average Bonchev–Trinajstić information content (AvgIpc) is 2.57. The molecule has 1 aromatic heterocycles. The van der Waals surface area contributed by atoms with Gasteiger partial charge in [-0.1, -0.05) is 18.2 Å². The Morgan fingerprint density at radius 2 is 2.05 bits per heavy atom. The molecule has 0 unspecified atom stereocenters. The first-order valence-corrected chi connectivity index (χ1v) is 7.77. The molecule has 0 bridgehead atoms. The van der Waals surface area contributed by atoms with Gasteiger partial charge in [-0.15, -0.1) is 0 Å². The number of nitrogens with one attached hydrogen (secondary N) is 1. The van der Waals surface area contributed by atoms with Crippen molar-refractivity contribution in [2.24, 2.45) is 5.92 Å². The van der Waals surface area contributed by atoms with Crippen LogP contribution in [-0.2, 0) is 11.3 Å². The molecular formula is C18H22N2O2. The van der Waals surface area contributed by atoms with E-state index in [2.05, 4.69) is 10.3 Å². The lowest BCUT2D eigenvalue weighted by molar-refractivity contribution is 0.0750. The van der Waals surface area contributed by atoms with Crippen LogP contribution in [-0.4, -0.2) is 29.8 Å². The van der Waals surface area contributed by atoms with Crippen LogP contribution in [0.1, 0.15) is 23.5 Å². The molecule has 116 valence electrons. The Labute approximate surface area is 131 Å². The van der Waals surface area contributed by atoms with E-state index in [1.807, 2.05) is 30.5 Å². The van der Waals surface area contributed by atoms with Crippen molar-refractivity contribution in [1.29, 1.82) is 0 Å². The highest BCUT2D eigenvalue weighted by Gasteiger charge is 2.23. The molecule has 1 aromatic carbocycles. The topological polar surface area (TPSA) is 54.4 Å². The van der Waals surface area contributed by atoms with E-state index in [0.717, 1.165) is 31.7 Å². The fourth-order valence-corrected chi connectivity index (χ4v) is 2.99. The first-order valence-electron chi connectivity index (χ1n) is 7.77. The van der Waals surface area contributed by atoms with E-state index in [0.29, 0.717) is 24.2 Å². The van der Waals surface area contributed by atoms with Crippen molar-refractivity contribution in [3.8, 4) is 5.75 Å². The number of phenols is 1. The number of piperidine rings is 1. The summed E-state index contributed by atoms with van der Waals surface area (Å²) in [6.07, 6.45) is 4.74. The summed E-state index contributed by atoms with van der Waals surface area (Å²) in [4.78, 5) is 4.10. The SMILES string of the molecule is Oc1ccc([C@H]2CNC[C@@H](COCc3cccnc3)C2)cc1. The van der Waals surface area contributed by atoms with Gasteiger partial charge in [0, 0.05) is 25.5 Å². The number of phenolic OH excluding ortho intramolecular Hbond substituents is 1. The summed E-state index contributed by atoms with van der Waals surface area (Å²) in [5, 5.41) is 12.9. The molecule has 4 nitrogen and oxygen atoms in total. The number of hydrogen-bond acceptors (Lipinski definition) is 4. The molecule has 2 aromatic rings. The maximum atomic E-state index is 9.39. The first-order chi connectivity index (χ1) is 10.8. The zero-order chi connectivity index (χ0) is 15.2. The molecule has 1 saturated heterocycles. The summed E-state index contributed by atoms with van der Waals surface area (Å²) in [7, 11) is 0. The molecule has 2 heterocycles. The fraction of sp³-hybridized carbons (Fsp3) is 0.389. The van der Waals surface area contributed by atoms with Gasteiger partial charge in [0.1, 0.15) is 5.75 Å². The lowest BCUT2D eigenvalue weighted by Gasteiger charge is -2.30. The van der Waals surface area contributed by atoms with Crippen LogP contribution in [0.5, 0.6) is 5.75 Å². The van der Waals surface area contributed by atoms with Crippen molar-refractivity contribution in [3.63, 3.8) is 0 Å². The third-order valence-corrected chi connectivity index (χ3v) is 4.15. The van der Waals surface area contributed by atoms with E-state index in [-0.39, 0.29) is 0 Å². The summed E-state index contributed by atoms with van der Waals surface area (Å²) in [6, 6.07) is 11.5. The Balaban J connectivity index is 1.49. The minimum atomic E-state index is 0.323. The van der Waals surface area contributed by atoms with Crippen molar-refractivity contribution in [2.45, 2.75) is 18.9 Å². The maximum absolute atomic E-state index is 9.39. The highest BCUT2D eigenvalue weighted by atomic mass is 16.5. The molecule has 1 fully saturated rings. The van der Waals surface area contributed by atoms with E-state index in [9.17, 15) is 5.11 Å². The van der Waals surface area contributed by atoms with Gasteiger partial charge in [0.25, 0.3) is 0 Å². The fourth-order valence-electron chi connectivity index (χ4n) is 2.99.